The SMILES string of the molecule is Cc1ccc(NC(=O)Cn2nc3n(CC(C)C)c(=O)c4ccccc4n3c2=O)cc1C. The average molecular weight is 419 g/mol. The molecule has 0 atom stereocenters. The van der Waals surface area contributed by atoms with Crippen LogP contribution in [0.2, 0.25) is 0 Å². The van der Waals surface area contributed by atoms with Gasteiger partial charge in [-0.2, -0.15) is 0 Å². The maximum atomic E-state index is 13.1. The van der Waals surface area contributed by atoms with Crippen molar-refractivity contribution in [2.45, 2.75) is 40.8 Å². The number of para-hydroxylation sites is 1. The smallest absolute Gasteiger partial charge is 0.324 e. The molecule has 0 aliphatic heterocycles. The van der Waals surface area contributed by atoms with Crippen LogP contribution in [0.15, 0.2) is 52.1 Å². The van der Waals surface area contributed by atoms with E-state index in [-0.39, 0.29) is 29.7 Å². The third-order valence-electron chi connectivity index (χ3n) is 5.32. The largest absolute Gasteiger partial charge is 0.352 e. The molecule has 0 aliphatic rings. The van der Waals surface area contributed by atoms with Gasteiger partial charge in [-0.1, -0.05) is 32.0 Å². The molecule has 0 saturated heterocycles. The molecule has 0 saturated carbocycles. The van der Waals surface area contributed by atoms with E-state index in [4.69, 9.17) is 0 Å². The fourth-order valence-electron chi connectivity index (χ4n) is 3.66. The minimum Gasteiger partial charge on any atom is -0.324 e. The highest BCUT2D eigenvalue weighted by atomic mass is 16.2. The third-order valence-corrected chi connectivity index (χ3v) is 5.32. The number of benzene rings is 2. The van der Waals surface area contributed by atoms with Crippen LogP contribution < -0.4 is 16.6 Å². The quantitative estimate of drug-likeness (QED) is 0.539. The highest BCUT2D eigenvalue weighted by molar-refractivity contribution is 5.90. The molecule has 8 heteroatoms. The summed E-state index contributed by atoms with van der Waals surface area (Å²) in [5.41, 5.74) is 2.67. The number of hydrogen-bond donors (Lipinski definition) is 1. The van der Waals surface area contributed by atoms with Gasteiger partial charge in [0.25, 0.3) is 5.56 Å². The second kappa shape index (κ2) is 7.86. The summed E-state index contributed by atoms with van der Waals surface area (Å²) < 4.78 is 4.02. The number of carbonyl (C=O) groups excluding carboxylic acids is 1. The van der Waals surface area contributed by atoms with Gasteiger partial charge in [0.15, 0.2) is 0 Å². The zero-order valence-electron chi connectivity index (χ0n) is 18.0. The Labute approximate surface area is 178 Å². The van der Waals surface area contributed by atoms with Gasteiger partial charge in [0.05, 0.1) is 10.9 Å². The van der Waals surface area contributed by atoms with Crippen molar-refractivity contribution in [2.75, 3.05) is 5.32 Å². The van der Waals surface area contributed by atoms with E-state index < -0.39 is 5.69 Å². The van der Waals surface area contributed by atoms with E-state index in [0.717, 1.165) is 15.8 Å². The molecule has 2 aromatic heterocycles. The zero-order chi connectivity index (χ0) is 22.3. The van der Waals surface area contributed by atoms with Crippen LogP contribution in [0.5, 0.6) is 0 Å². The van der Waals surface area contributed by atoms with Crippen molar-refractivity contribution >= 4 is 28.3 Å². The summed E-state index contributed by atoms with van der Waals surface area (Å²) in [5.74, 6) is 0.0493. The minimum absolute atomic E-state index is 0.177. The molecule has 1 N–H and O–H groups in total. The number of amides is 1. The predicted octanol–water partition coefficient (Wildman–Crippen LogP) is 2.72. The summed E-state index contributed by atoms with van der Waals surface area (Å²) >= 11 is 0. The first-order valence-electron chi connectivity index (χ1n) is 10.2. The highest BCUT2D eigenvalue weighted by Crippen LogP contribution is 2.15. The summed E-state index contributed by atoms with van der Waals surface area (Å²) in [7, 11) is 0. The Balaban J connectivity index is 1.78. The molecule has 0 aliphatic carbocycles. The van der Waals surface area contributed by atoms with Crippen molar-refractivity contribution in [2.24, 2.45) is 5.92 Å². The number of carbonyl (C=O) groups is 1. The van der Waals surface area contributed by atoms with E-state index in [2.05, 4.69) is 10.4 Å². The van der Waals surface area contributed by atoms with Gasteiger partial charge in [-0.25, -0.2) is 13.9 Å². The fraction of sp³-hybridized carbons (Fsp3) is 0.304. The zero-order valence-corrected chi connectivity index (χ0v) is 18.0. The van der Waals surface area contributed by atoms with Crippen LogP contribution in [0.1, 0.15) is 25.0 Å². The molecule has 0 radical (unpaired) electrons. The Hall–Kier alpha value is -3.68. The molecule has 8 nitrogen and oxygen atoms in total. The van der Waals surface area contributed by atoms with Crippen LogP contribution in [-0.2, 0) is 17.9 Å². The second-order valence-corrected chi connectivity index (χ2v) is 8.25. The van der Waals surface area contributed by atoms with Crippen LogP contribution in [-0.4, -0.2) is 24.7 Å². The predicted molar refractivity (Wildman–Crippen MR) is 121 cm³/mol. The minimum atomic E-state index is -0.459. The lowest BCUT2D eigenvalue weighted by molar-refractivity contribution is -0.117. The Kier molecular flexibility index (Phi) is 5.22. The van der Waals surface area contributed by atoms with Gasteiger partial charge in [-0.3, -0.25) is 14.2 Å². The first kappa shape index (κ1) is 20.6. The van der Waals surface area contributed by atoms with Crippen LogP contribution in [0.3, 0.4) is 0 Å². The fourth-order valence-corrected chi connectivity index (χ4v) is 3.66. The van der Waals surface area contributed by atoms with Gasteiger partial charge in [0.1, 0.15) is 6.54 Å². The molecule has 2 heterocycles. The molecular formula is C23H25N5O3. The molecule has 0 fully saturated rings. The Morgan fingerprint density at radius 2 is 1.81 bits per heavy atom. The number of rotatable bonds is 5. The molecule has 0 spiro atoms. The van der Waals surface area contributed by atoms with Gasteiger partial charge < -0.3 is 5.32 Å². The van der Waals surface area contributed by atoms with E-state index in [1.807, 2.05) is 45.9 Å². The molecule has 160 valence electrons. The summed E-state index contributed by atoms with van der Waals surface area (Å²) in [6.07, 6.45) is 0. The number of fused-ring (bicyclic) bond motifs is 3. The van der Waals surface area contributed by atoms with Gasteiger partial charge in [0, 0.05) is 12.2 Å². The molecular weight excluding hydrogens is 394 g/mol. The van der Waals surface area contributed by atoms with Crippen LogP contribution in [0, 0.1) is 19.8 Å². The molecule has 0 bridgehead atoms. The lowest BCUT2D eigenvalue weighted by Crippen LogP contribution is -2.29. The van der Waals surface area contributed by atoms with Crippen molar-refractivity contribution in [3.05, 3.63) is 74.4 Å². The number of hydrogen-bond acceptors (Lipinski definition) is 4. The number of anilines is 1. The van der Waals surface area contributed by atoms with Crippen molar-refractivity contribution in [1.82, 2.24) is 18.7 Å². The number of nitrogens with one attached hydrogen (secondary N) is 1. The van der Waals surface area contributed by atoms with E-state index in [9.17, 15) is 14.4 Å². The third kappa shape index (κ3) is 3.76. The molecule has 1 amide bonds. The lowest BCUT2D eigenvalue weighted by Gasteiger charge is -2.11. The maximum Gasteiger partial charge on any atom is 0.352 e. The van der Waals surface area contributed by atoms with Crippen molar-refractivity contribution in [3.8, 4) is 0 Å². The first-order valence-corrected chi connectivity index (χ1v) is 10.2. The summed E-state index contributed by atoms with van der Waals surface area (Å²) in [5, 5.41) is 7.61. The standard InChI is InChI=1S/C23H25N5O3/c1-14(2)12-26-21(30)18-7-5-6-8-19(18)28-22(26)25-27(23(28)31)13-20(29)24-17-10-9-15(3)16(4)11-17/h5-11,14H,12-13H2,1-4H3,(H,24,29). The van der Waals surface area contributed by atoms with E-state index in [0.29, 0.717) is 23.1 Å². The molecule has 0 unspecified atom stereocenters. The van der Waals surface area contributed by atoms with Gasteiger partial charge in [0.2, 0.25) is 11.7 Å². The Morgan fingerprint density at radius 3 is 2.52 bits per heavy atom. The van der Waals surface area contributed by atoms with E-state index in [1.165, 1.54) is 8.97 Å². The van der Waals surface area contributed by atoms with Crippen LogP contribution >= 0.6 is 0 Å². The molecule has 4 aromatic rings. The average Bonchev–Trinajstić information content (AvgIpc) is 3.04. The van der Waals surface area contributed by atoms with Crippen molar-refractivity contribution in [1.29, 1.82) is 0 Å². The highest BCUT2D eigenvalue weighted by Gasteiger charge is 2.19. The lowest BCUT2D eigenvalue weighted by atomic mass is 10.1. The first-order chi connectivity index (χ1) is 14.8. The maximum absolute atomic E-state index is 13.1. The molecule has 2 aromatic carbocycles. The van der Waals surface area contributed by atoms with E-state index >= 15 is 0 Å². The summed E-state index contributed by atoms with van der Waals surface area (Å²) in [6.45, 7) is 8.11. The summed E-state index contributed by atoms with van der Waals surface area (Å²) in [4.78, 5) is 38.8. The van der Waals surface area contributed by atoms with Crippen LogP contribution in [0.25, 0.3) is 16.7 Å². The summed E-state index contributed by atoms with van der Waals surface area (Å²) in [6, 6.07) is 12.6. The normalized spacial score (nSPS) is 11.5. The van der Waals surface area contributed by atoms with E-state index in [1.54, 1.807) is 24.3 Å². The second-order valence-electron chi connectivity index (χ2n) is 8.25. The van der Waals surface area contributed by atoms with Gasteiger partial charge in [-0.05, 0) is 55.2 Å². The monoisotopic (exact) mass is 419 g/mol. The van der Waals surface area contributed by atoms with Gasteiger partial charge >= 0.3 is 5.69 Å². The number of aryl methyl sites for hydroxylation is 2. The van der Waals surface area contributed by atoms with Gasteiger partial charge in [-0.15, -0.1) is 5.10 Å². The Morgan fingerprint density at radius 1 is 1.06 bits per heavy atom. The van der Waals surface area contributed by atoms with Crippen molar-refractivity contribution < 1.29 is 4.79 Å². The Bertz CT molecular complexity index is 1430. The topological polar surface area (TPSA) is 90.4 Å². The molecule has 31 heavy (non-hydrogen) atoms. The molecule has 4 rings (SSSR count). The number of nitrogens with zero attached hydrogens (tertiary/aromatic N) is 4. The van der Waals surface area contributed by atoms with Crippen molar-refractivity contribution in [3.63, 3.8) is 0 Å². The van der Waals surface area contributed by atoms with Crippen LogP contribution in [0.4, 0.5) is 5.69 Å². The number of aromatic nitrogens is 4.